The van der Waals surface area contributed by atoms with Crippen LogP contribution in [0.5, 0.6) is 0 Å². The predicted molar refractivity (Wildman–Crippen MR) is 193 cm³/mol. The summed E-state index contributed by atoms with van der Waals surface area (Å²) in [6.07, 6.45) is 1.03. The number of amides is 3. The molecule has 3 amide bonds. The average molecular weight is 708 g/mol. The number of ether oxygens (including phenoxy) is 1. The summed E-state index contributed by atoms with van der Waals surface area (Å²) in [7, 11) is 0. The van der Waals surface area contributed by atoms with Crippen LogP contribution < -0.4 is 10.2 Å². The molecule has 2 N–H and O–H groups in total. The average Bonchev–Trinajstić information content (AvgIpc) is 3.87. The largest absolute Gasteiger partial charge is 0.475 e. The lowest BCUT2D eigenvalue weighted by atomic mass is 9.82. The van der Waals surface area contributed by atoms with Crippen molar-refractivity contribution in [3.05, 3.63) is 101 Å². The minimum atomic E-state index is -1.93. The number of Topliss-reactive ketones (excluding diaryl/α,β-unsaturated/α-hetero) is 1. The number of hydrogen-bond donors (Lipinski definition) is 2. The van der Waals surface area contributed by atoms with Gasteiger partial charge in [-0.25, -0.2) is 18.9 Å². The number of carbonyl (C=O) groups excluding carboxylic acids is 4. The van der Waals surface area contributed by atoms with Crippen molar-refractivity contribution >= 4 is 35.3 Å². The van der Waals surface area contributed by atoms with Crippen LogP contribution in [0.15, 0.2) is 78.9 Å². The standard InChI is InChI=1S/C41H46N4O7/c1-26(46)31-20-22-42-41(31,38(49)50)45(23-21-27-12-8-9-16-30(27)25-45)37(48)34-19-18-33(28-13-6-5-7-14-28)43(34)36(47)35-24-29-15-10-11-17-32(29)44(35)39(51)52-40(2,3)4/h5-17,31,33-35,42H,18-25H2,1-4H3/p+1/t31-,33-,34+,35+,41+,45?/m0/s1. The molecule has 11 nitrogen and oxygen atoms in total. The van der Waals surface area contributed by atoms with Crippen LogP contribution in [0.4, 0.5) is 10.5 Å². The van der Waals surface area contributed by atoms with E-state index in [-0.39, 0.29) is 38.3 Å². The first-order valence-electron chi connectivity index (χ1n) is 18.2. The zero-order valence-corrected chi connectivity index (χ0v) is 30.2. The molecule has 0 spiro atoms. The van der Waals surface area contributed by atoms with Crippen LogP contribution in [0.25, 0.3) is 0 Å². The molecule has 3 aromatic rings. The van der Waals surface area contributed by atoms with Gasteiger partial charge in [-0.2, -0.15) is 0 Å². The number of nitrogens with one attached hydrogen (secondary N) is 1. The Balaban J connectivity index is 1.36. The number of benzene rings is 3. The molecule has 1 unspecified atom stereocenters. The second-order valence-corrected chi connectivity index (χ2v) is 15.6. The molecule has 0 bridgehead atoms. The molecule has 4 aliphatic heterocycles. The predicted octanol–water partition coefficient (Wildman–Crippen LogP) is 5.16. The lowest BCUT2D eigenvalue weighted by Crippen LogP contribution is -2.80. The summed E-state index contributed by atoms with van der Waals surface area (Å²) in [6.45, 7) is 7.18. The smallest absolute Gasteiger partial charge is 0.415 e. The number of para-hydroxylation sites is 1. The third kappa shape index (κ3) is 5.70. The van der Waals surface area contributed by atoms with Gasteiger partial charge in [0.05, 0.1) is 18.3 Å². The first-order valence-corrected chi connectivity index (χ1v) is 18.2. The van der Waals surface area contributed by atoms with Crippen molar-refractivity contribution in [2.75, 3.05) is 18.0 Å². The fourth-order valence-electron chi connectivity index (χ4n) is 9.33. The molecule has 0 aliphatic carbocycles. The number of carboxylic acids is 1. The molecule has 4 heterocycles. The Morgan fingerprint density at radius 3 is 2.17 bits per heavy atom. The van der Waals surface area contributed by atoms with Crippen molar-refractivity contribution in [3.8, 4) is 0 Å². The Hall–Kier alpha value is -4.87. The number of hydrogen-bond acceptors (Lipinski definition) is 7. The van der Waals surface area contributed by atoms with Crippen molar-refractivity contribution in [1.29, 1.82) is 0 Å². The quantitative estimate of drug-likeness (QED) is 0.336. The summed E-state index contributed by atoms with van der Waals surface area (Å²) in [4.78, 5) is 75.0. The number of quaternary nitrogens is 1. The molecule has 6 atom stereocenters. The molecule has 11 heteroatoms. The number of aliphatic carboxylic acids is 1. The van der Waals surface area contributed by atoms with E-state index >= 15 is 9.59 Å². The van der Waals surface area contributed by atoms with Gasteiger partial charge in [0.25, 0.3) is 5.66 Å². The lowest BCUT2D eigenvalue weighted by Gasteiger charge is -2.52. The Morgan fingerprint density at radius 1 is 0.846 bits per heavy atom. The van der Waals surface area contributed by atoms with Crippen LogP contribution >= 0.6 is 0 Å². The van der Waals surface area contributed by atoms with Crippen LogP contribution in [-0.4, -0.2) is 80.6 Å². The highest BCUT2D eigenvalue weighted by atomic mass is 16.6. The maximum atomic E-state index is 15.8. The van der Waals surface area contributed by atoms with Crippen molar-refractivity contribution in [1.82, 2.24) is 10.2 Å². The minimum absolute atomic E-state index is 0.0610. The van der Waals surface area contributed by atoms with Crippen molar-refractivity contribution in [3.63, 3.8) is 0 Å². The first kappa shape index (κ1) is 35.5. The Morgan fingerprint density at radius 2 is 1.50 bits per heavy atom. The van der Waals surface area contributed by atoms with Gasteiger partial charge in [0.1, 0.15) is 35.9 Å². The number of likely N-dealkylation sites (tertiary alicyclic amines) is 1. The second-order valence-electron chi connectivity index (χ2n) is 15.6. The molecule has 0 saturated carbocycles. The lowest BCUT2D eigenvalue weighted by molar-refractivity contribution is -0.917. The van der Waals surface area contributed by atoms with Gasteiger partial charge in [0.15, 0.2) is 0 Å². The van der Waals surface area contributed by atoms with Gasteiger partial charge in [0.2, 0.25) is 5.91 Å². The summed E-state index contributed by atoms with van der Waals surface area (Å²) in [5.41, 5.74) is 1.35. The zero-order chi connectivity index (χ0) is 37.0. The van der Waals surface area contributed by atoms with Crippen LogP contribution in [-0.2, 0) is 43.3 Å². The third-order valence-electron chi connectivity index (χ3n) is 11.5. The fraction of sp³-hybridized carbons (Fsp3) is 0.439. The molecule has 2 saturated heterocycles. The highest BCUT2D eigenvalue weighted by Gasteiger charge is 2.71. The third-order valence-corrected chi connectivity index (χ3v) is 11.5. The van der Waals surface area contributed by atoms with Gasteiger partial charge >= 0.3 is 18.0 Å². The van der Waals surface area contributed by atoms with Crippen LogP contribution in [0.1, 0.15) is 75.3 Å². The monoisotopic (exact) mass is 707 g/mol. The number of fused-ring (bicyclic) bond motifs is 2. The van der Waals surface area contributed by atoms with Gasteiger partial charge < -0.3 is 14.7 Å². The van der Waals surface area contributed by atoms with E-state index in [0.29, 0.717) is 24.9 Å². The highest BCUT2D eigenvalue weighted by molar-refractivity contribution is 6.02. The van der Waals surface area contributed by atoms with E-state index in [1.165, 1.54) is 11.8 Å². The van der Waals surface area contributed by atoms with E-state index < -0.39 is 63.7 Å². The molecular weight excluding hydrogens is 660 g/mol. The normalized spacial score (nSPS) is 28.2. The second kappa shape index (κ2) is 13.3. The Labute approximate surface area is 304 Å². The molecule has 0 aromatic heterocycles. The summed E-state index contributed by atoms with van der Waals surface area (Å²) in [6, 6.07) is 22.1. The number of rotatable bonds is 6. The van der Waals surface area contributed by atoms with Gasteiger partial charge in [-0.15, -0.1) is 0 Å². The summed E-state index contributed by atoms with van der Waals surface area (Å²) in [5.74, 6) is -3.33. The van der Waals surface area contributed by atoms with Gasteiger partial charge in [-0.3, -0.25) is 19.8 Å². The maximum Gasteiger partial charge on any atom is 0.415 e. The van der Waals surface area contributed by atoms with E-state index in [0.717, 1.165) is 22.3 Å². The molecule has 4 aliphatic rings. The summed E-state index contributed by atoms with van der Waals surface area (Å²) in [5, 5.41) is 14.4. The van der Waals surface area contributed by atoms with Crippen LogP contribution in [0, 0.1) is 5.92 Å². The number of ketones is 1. The molecule has 3 aromatic carbocycles. The Bertz CT molecular complexity index is 1920. The molecule has 272 valence electrons. The molecular formula is C41H47N4O7+. The van der Waals surface area contributed by atoms with E-state index in [2.05, 4.69) is 5.32 Å². The number of carbonyl (C=O) groups is 5. The number of carboxylic acid groups (broad SMARTS) is 1. The van der Waals surface area contributed by atoms with Crippen molar-refractivity contribution in [2.45, 2.75) is 95.7 Å². The van der Waals surface area contributed by atoms with E-state index in [9.17, 15) is 19.5 Å². The van der Waals surface area contributed by atoms with Crippen LogP contribution in [0.2, 0.25) is 0 Å². The van der Waals surface area contributed by atoms with Gasteiger partial charge in [0, 0.05) is 24.9 Å². The molecule has 7 rings (SSSR count). The topological polar surface area (TPSA) is 133 Å². The molecule has 2 fully saturated rings. The SMILES string of the molecule is CC(=O)[C@@H]1CCN[C@@]1(C(=O)O)[N+]1(C(=O)[C@H]2CC[C@@H](c3ccccc3)N2C(=O)[C@H]2Cc3ccccc3N2C(=O)OC(C)(C)C)CCc2ccccc2C1. The first-order chi connectivity index (χ1) is 24.8. The number of nitrogens with zero attached hydrogens (tertiary/aromatic N) is 3. The number of anilines is 1. The molecule has 52 heavy (non-hydrogen) atoms. The van der Waals surface area contributed by atoms with Crippen LogP contribution in [0.3, 0.4) is 0 Å². The minimum Gasteiger partial charge on any atom is -0.475 e. The maximum absolute atomic E-state index is 15.8. The summed E-state index contributed by atoms with van der Waals surface area (Å²) < 4.78 is 5.29. The van der Waals surface area contributed by atoms with E-state index in [4.69, 9.17) is 4.74 Å². The zero-order valence-electron chi connectivity index (χ0n) is 30.2. The molecule has 0 radical (unpaired) electrons. The van der Waals surface area contributed by atoms with Gasteiger partial charge in [-0.05, 0) is 69.7 Å². The van der Waals surface area contributed by atoms with E-state index in [1.54, 1.807) is 31.7 Å². The fourth-order valence-corrected chi connectivity index (χ4v) is 9.33. The Kier molecular flexibility index (Phi) is 9.07. The van der Waals surface area contributed by atoms with Crippen molar-refractivity contribution in [2.24, 2.45) is 5.92 Å². The highest BCUT2D eigenvalue weighted by Crippen LogP contribution is 2.47. The summed E-state index contributed by atoms with van der Waals surface area (Å²) >= 11 is 0. The van der Waals surface area contributed by atoms with E-state index in [1.807, 2.05) is 72.8 Å². The van der Waals surface area contributed by atoms with Crippen molar-refractivity contribution < 1.29 is 38.3 Å². The van der Waals surface area contributed by atoms with Gasteiger partial charge in [-0.1, -0.05) is 72.8 Å².